The van der Waals surface area contributed by atoms with E-state index >= 15 is 0 Å². The summed E-state index contributed by atoms with van der Waals surface area (Å²) in [4.78, 5) is 1.40. The zero-order valence-electron chi connectivity index (χ0n) is 9.94. The van der Waals surface area contributed by atoms with Crippen LogP contribution in [0.5, 0.6) is 5.75 Å². The third-order valence-electron chi connectivity index (χ3n) is 2.66. The lowest BCUT2D eigenvalue weighted by Crippen LogP contribution is -2.28. The predicted molar refractivity (Wildman–Crippen MR) is 64.8 cm³/mol. The summed E-state index contributed by atoms with van der Waals surface area (Å²) in [5.41, 5.74) is 6.71. The van der Waals surface area contributed by atoms with Gasteiger partial charge in [-0.1, -0.05) is 6.07 Å². The van der Waals surface area contributed by atoms with Gasteiger partial charge in [-0.3, -0.25) is 0 Å². The van der Waals surface area contributed by atoms with Crippen molar-refractivity contribution in [2.75, 3.05) is 7.11 Å². The van der Waals surface area contributed by atoms with Crippen molar-refractivity contribution < 1.29 is 13.5 Å². The van der Waals surface area contributed by atoms with E-state index in [4.69, 9.17) is 10.5 Å². The maximum absolute atomic E-state index is 13.6. The van der Waals surface area contributed by atoms with Crippen LogP contribution in [0.2, 0.25) is 0 Å². The Balaban J connectivity index is 2.14. The summed E-state index contributed by atoms with van der Waals surface area (Å²) in [6.45, 7) is 0.243. The van der Waals surface area contributed by atoms with E-state index in [2.05, 4.69) is 0 Å². The van der Waals surface area contributed by atoms with Crippen molar-refractivity contribution in [2.45, 2.75) is 12.8 Å². The molecule has 0 saturated carbocycles. The number of rotatable bonds is 3. The molecular formula is C13H14F2N2O. The Morgan fingerprint density at radius 3 is 2.89 bits per heavy atom. The first-order chi connectivity index (χ1) is 8.60. The standard InChI is InChI=1S/C13H14F2N2O/c1-18-12-4-2-9(6-11(12)14)7-17-8-10(16)3-5-13(17)15/h2-6,8,13H,7,16H2,1H3. The fraction of sp³-hybridized carbons (Fsp3) is 0.231. The fourth-order valence-corrected chi connectivity index (χ4v) is 1.76. The minimum Gasteiger partial charge on any atom is -0.494 e. The molecule has 1 aromatic rings. The minimum absolute atomic E-state index is 0.171. The molecule has 0 saturated heterocycles. The van der Waals surface area contributed by atoms with E-state index in [0.29, 0.717) is 11.3 Å². The number of halogens is 2. The number of hydrogen-bond acceptors (Lipinski definition) is 3. The highest BCUT2D eigenvalue weighted by molar-refractivity contribution is 5.30. The summed E-state index contributed by atoms with van der Waals surface area (Å²) in [5, 5.41) is 0. The smallest absolute Gasteiger partial charge is 0.191 e. The van der Waals surface area contributed by atoms with Crippen molar-refractivity contribution in [3.63, 3.8) is 0 Å². The summed E-state index contributed by atoms with van der Waals surface area (Å²) < 4.78 is 31.9. The maximum Gasteiger partial charge on any atom is 0.191 e. The SMILES string of the molecule is COc1ccc(CN2C=C(N)C=CC2F)cc1F. The number of benzene rings is 1. The number of allylic oxidation sites excluding steroid dienone is 1. The Bertz CT molecular complexity index is 500. The van der Waals surface area contributed by atoms with Gasteiger partial charge in [0.2, 0.25) is 0 Å². The maximum atomic E-state index is 13.6. The minimum atomic E-state index is -1.25. The number of hydrogen-bond donors (Lipinski definition) is 1. The first-order valence-electron chi connectivity index (χ1n) is 5.48. The molecule has 0 aliphatic carbocycles. The molecule has 2 N–H and O–H groups in total. The van der Waals surface area contributed by atoms with Gasteiger partial charge in [-0.2, -0.15) is 0 Å². The van der Waals surface area contributed by atoms with Crippen LogP contribution in [0.25, 0.3) is 0 Å². The molecule has 0 fully saturated rings. The van der Waals surface area contributed by atoms with E-state index in [-0.39, 0.29) is 12.3 Å². The molecule has 0 aromatic heterocycles. The normalized spacial score (nSPS) is 18.7. The van der Waals surface area contributed by atoms with Crippen molar-refractivity contribution >= 4 is 0 Å². The Labute approximate surface area is 104 Å². The fourth-order valence-electron chi connectivity index (χ4n) is 1.76. The van der Waals surface area contributed by atoms with Crippen LogP contribution in [0, 0.1) is 5.82 Å². The molecule has 0 spiro atoms. The molecule has 1 aliphatic heterocycles. The Hall–Kier alpha value is -2.04. The molecule has 18 heavy (non-hydrogen) atoms. The predicted octanol–water partition coefficient (Wildman–Crippen LogP) is 2.30. The van der Waals surface area contributed by atoms with Crippen LogP contribution >= 0.6 is 0 Å². The van der Waals surface area contributed by atoms with Crippen LogP contribution in [0.15, 0.2) is 42.2 Å². The molecule has 0 amide bonds. The van der Waals surface area contributed by atoms with Gasteiger partial charge >= 0.3 is 0 Å². The van der Waals surface area contributed by atoms with Gasteiger partial charge in [0.05, 0.1) is 7.11 Å². The van der Waals surface area contributed by atoms with Crippen molar-refractivity contribution in [2.24, 2.45) is 5.73 Å². The lowest BCUT2D eigenvalue weighted by molar-refractivity contribution is 0.166. The highest BCUT2D eigenvalue weighted by atomic mass is 19.1. The second kappa shape index (κ2) is 5.08. The molecular weight excluding hydrogens is 238 g/mol. The van der Waals surface area contributed by atoms with Crippen LogP contribution in [0.4, 0.5) is 8.78 Å². The topological polar surface area (TPSA) is 38.5 Å². The van der Waals surface area contributed by atoms with Crippen LogP contribution < -0.4 is 10.5 Å². The monoisotopic (exact) mass is 252 g/mol. The number of alkyl halides is 1. The van der Waals surface area contributed by atoms with Crippen molar-refractivity contribution in [1.82, 2.24) is 4.90 Å². The molecule has 3 nitrogen and oxygen atoms in total. The molecule has 0 bridgehead atoms. The Kier molecular flexibility index (Phi) is 3.50. The summed E-state index contributed by atoms with van der Waals surface area (Å²) in [5.74, 6) is -0.293. The van der Waals surface area contributed by atoms with Crippen LogP contribution in [0.1, 0.15) is 5.56 Å². The van der Waals surface area contributed by atoms with Crippen LogP contribution in [0.3, 0.4) is 0 Å². The Morgan fingerprint density at radius 2 is 2.22 bits per heavy atom. The van der Waals surface area contributed by atoms with E-state index in [1.165, 1.54) is 42.5 Å². The molecule has 2 rings (SSSR count). The molecule has 1 aliphatic rings. The zero-order valence-corrected chi connectivity index (χ0v) is 9.94. The molecule has 96 valence electrons. The lowest BCUT2D eigenvalue weighted by atomic mass is 10.2. The van der Waals surface area contributed by atoms with Gasteiger partial charge in [-0.25, -0.2) is 8.78 Å². The first kappa shape index (κ1) is 12.4. The van der Waals surface area contributed by atoms with Crippen molar-refractivity contribution in [1.29, 1.82) is 0 Å². The highest BCUT2D eigenvalue weighted by Gasteiger charge is 2.16. The average molecular weight is 252 g/mol. The molecule has 5 heteroatoms. The van der Waals surface area contributed by atoms with Gasteiger partial charge in [-0.05, 0) is 29.8 Å². The number of nitrogens with zero attached hydrogens (tertiary/aromatic N) is 1. The lowest BCUT2D eigenvalue weighted by Gasteiger charge is -2.25. The highest BCUT2D eigenvalue weighted by Crippen LogP contribution is 2.21. The van der Waals surface area contributed by atoms with Gasteiger partial charge in [0.25, 0.3) is 0 Å². The summed E-state index contributed by atoms with van der Waals surface area (Å²) >= 11 is 0. The molecule has 1 unspecified atom stereocenters. The Morgan fingerprint density at radius 1 is 1.44 bits per heavy atom. The van der Waals surface area contributed by atoms with Crippen molar-refractivity contribution in [3.8, 4) is 5.75 Å². The van der Waals surface area contributed by atoms with E-state index in [1.807, 2.05) is 0 Å². The second-order valence-corrected chi connectivity index (χ2v) is 4.00. The summed E-state index contributed by atoms with van der Waals surface area (Å²) in [6, 6.07) is 4.54. The van der Waals surface area contributed by atoms with Crippen molar-refractivity contribution in [3.05, 3.63) is 53.6 Å². The van der Waals surface area contributed by atoms with Gasteiger partial charge in [0.1, 0.15) is 0 Å². The van der Waals surface area contributed by atoms with Gasteiger partial charge in [0.15, 0.2) is 17.9 Å². The summed E-state index contributed by atoms with van der Waals surface area (Å²) in [6.07, 6.45) is 3.13. The van der Waals surface area contributed by atoms with E-state index in [0.717, 1.165) is 0 Å². The number of nitrogens with two attached hydrogens (primary N) is 1. The number of methoxy groups -OCH3 is 1. The van der Waals surface area contributed by atoms with E-state index < -0.39 is 12.1 Å². The first-order valence-corrected chi connectivity index (χ1v) is 5.48. The molecule has 1 heterocycles. The third-order valence-corrected chi connectivity index (χ3v) is 2.66. The zero-order chi connectivity index (χ0) is 13.1. The summed E-state index contributed by atoms with van der Waals surface area (Å²) in [7, 11) is 1.40. The van der Waals surface area contributed by atoms with Crippen LogP contribution in [-0.4, -0.2) is 18.3 Å². The average Bonchev–Trinajstić information content (AvgIpc) is 2.34. The largest absolute Gasteiger partial charge is 0.494 e. The van der Waals surface area contributed by atoms with Crippen LogP contribution in [-0.2, 0) is 6.54 Å². The van der Waals surface area contributed by atoms with Gasteiger partial charge in [-0.15, -0.1) is 0 Å². The molecule has 1 atom stereocenters. The van der Waals surface area contributed by atoms with Gasteiger partial charge in [0, 0.05) is 18.4 Å². The molecule has 1 aromatic carbocycles. The quantitative estimate of drug-likeness (QED) is 0.839. The third kappa shape index (κ3) is 2.61. The number of ether oxygens (including phenoxy) is 1. The van der Waals surface area contributed by atoms with Gasteiger partial charge < -0.3 is 15.4 Å². The molecule has 0 radical (unpaired) electrons. The van der Waals surface area contributed by atoms with E-state index in [9.17, 15) is 8.78 Å². The van der Waals surface area contributed by atoms with E-state index in [1.54, 1.807) is 6.07 Å². The second-order valence-electron chi connectivity index (χ2n) is 4.00.